The third kappa shape index (κ3) is 4.70. The summed E-state index contributed by atoms with van der Waals surface area (Å²) in [7, 11) is 0. The largest absolute Gasteiger partial charge is 0.310 e. The van der Waals surface area contributed by atoms with Crippen molar-refractivity contribution in [2.75, 3.05) is 4.90 Å². The molecule has 1 heteroatoms. The predicted molar refractivity (Wildman–Crippen MR) is 225 cm³/mol. The molecule has 0 N–H and O–H groups in total. The quantitative estimate of drug-likeness (QED) is 0.175. The molecule has 53 heavy (non-hydrogen) atoms. The number of hydrogen-bond donors (Lipinski definition) is 0. The molecule has 2 aliphatic rings. The van der Waals surface area contributed by atoms with Gasteiger partial charge in [-0.15, -0.1) is 0 Å². The molecule has 0 saturated carbocycles. The Morgan fingerprint density at radius 1 is 0.358 bits per heavy atom. The molecule has 0 spiro atoms. The summed E-state index contributed by atoms with van der Waals surface area (Å²) in [6.07, 6.45) is 0. The van der Waals surface area contributed by atoms with Gasteiger partial charge in [-0.1, -0.05) is 173 Å². The van der Waals surface area contributed by atoms with Crippen LogP contribution in [0.3, 0.4) is 0 Å². The lowest BCUT2D eigenvalue weighted by molar-refractivity contribution is 0.660. The van der Waals surface area contributed by atoms with Gasteiger partial charge in [0, 0.05) is 27.8 Å². The Balaban J connectivity index is 1.23. The molecule has 0 atom stereocenters. The zero-order valence-corrected chi connectivity index (χ0v) is 30.7. The van der Waals surface area contributed by atoms with Crippen LogP contribution in [0.4, 0.5) is 17.1 Å². The summed E-state index contributed by atoms with van der Waals surface area (Å²) < 4.78 is 0. The summed E-state index contributed by atoms with van der Waals surface area (Å²) in [5, 5.41) is 2.47. The summed E-state index contributed by atoms with van der Waals surface area (Å²) in [5.74, 6) is 0. The topological polar surface area (TPSA) is 3.24 Å². The Kier molecular flexibility index (Phi) is 6.94. The third-order valence-corrected chi connectivity index (χ3v) is 12.1. The molecule has 1 nitrogen and oxygen atoms in total. The second kappa shape index (κ2) is 11.7. The van der Waals surface area contributed by atoms with Gasteiger partial charge in [0.05, 0.1) is 5.69 Å². The van der Waals surface area contributed by atoms with Crippen molar-refractivity contribution in [3.63, 3.8) is 0 Å². The normalized spacial score (nSPS) is 14.3. The molecule has 254 valence electrons. The second-order valence-corrected chi connectivity index (χ2v) is 15.7. The first-order valence-electron chi connectivity index (χ1n) is 18.8. The number of fused-ring (bicyclic) bond motifs is 7. The van der Waals surface area contributed by atoms with Gasteiger partial charge in [0.2, 0.25) is 0 Å². The molecule has 0 fully saturated rings. The highest BCUT2D eigenvalue weighted by molar-refractivity contribution is 6.06. The molecule has 8 aromatic rings. The monoisotopic (exact) mass is 679 g/mol. The van der Waals surface area contributed by atoms with Crippen molar-refractivity contribution in [2.24, 2.45) is 0 Å². The lowest BCUT2D eigenvalue weighted by atomic mass is 9.82. The Morgan fingerprint density at radius 2 is 0.943 bits per heavy atom. The Hall–Kier alpha value is -6.18. The van der Waals surface area contributed by atoms with Crippen LogP contribution in [0.25, 0.3) is 55.3 Å². The van der Waals surface area contributed by atoms with Gasteiger partial charge in [-0.25, -0.2) is 0 Å². The van der Waals surface area contributed by atoms with Crippen LogP contribution in [-0.2, 0) is 10.8 Å². The third-order valence-electron chi connectivity index (χ3n) is 12.1. The molecule has 0 aromatic heterocycles. The van der Waals surface area contributed by atoms with E-state index in [0.29, 0.717) is 0 Å². The average Bonchev–Trinajstić information content (AvgIpc) is 3.58. The molecule has 2 aliphatic carbocycles. The number of rotatable bonds is 5. The molecule has 8 aromatic carbocycles. The minimum atomic E-state index is -0.119. The summed E-state index contributed by atoms with van der Waals surface area (Å²) in [6.45, 7) is 9.45. The van der Waals surface area contributed by atoms with E-state index in [4.69, 9.17) is 0 Å². The Labute approximate surface area is 312 Å². The van der Waals surface area contributed by atoms with E-state index in [1.165, 1.54) is 77.5 Å². The summed E-state index contributed by atoms with van der Waals surface area (Å²) >= 11 is 0. The molecule has 0 radical (unpaired) electrons. The maximum Gasteiger partial charge on any atom is 0.0546 e. The molecule has 0 aliphatic heterocycles. The van der Waals surface area contributed by atoms with Crippen LogP contribution in [-0.4, -0.2) is 0 Å². The van der Waals surface area contributed by atoms with E-state index in [0.717, 1.165) is 17.1 Å². The molecule has 0 saturated heterocycles. The van der Waals surface area contributed by atoms with Gasteiger partial charge in [0.15, 0.2) is 0 Å². The fourth-order valence-electron chi connectivity index (χ4n) is 9.42. The van der Waals surface area contributed by atoms with Crippen LogP contribution in [0, 0.1) is 0 Å². The molecule has 10 rings (SSSR count). The van der Waals surface area contributed by atoms with Crippen LogP contribution in [0.1, 0.15) is 49.9 Å². The van der Waals surface area contributed by atoms with E-state index >= 15 is 0 Å². The molecular weight excluding hydrogens is 639 g/mol. The fraction of sp³-hybridized carbons (Fsp3) is 0.115. The highest BCUT2D eigenvalue weighted by Crippen LogP contribution is 2.54. The number of nitrogens with zero attached hydrogens (tertiary/aromatic N) is 1. The van der Waals surface area contributed by atoms with Crippen LogP contribution in [0.2, 0.25) is 0 Å². The van der Waals surface area contributed by atoms with E-state index in [1.807, 2.05) is 0 Å². The first-order valence-corrected chi connectivity index (χ1v) is 18.8. The molecular formula is C52H41N. The second-order valence-electron chi connectivity index (χ2n) is 15.7. The zero-order chi connectivity index (χ0) is 35.9. The first-order chi connectivity index (χ1) is 25.8. The average molecular weight is 680 g/mol. The smallest absolute Gasteiger partial charge is 0.0546 e. The predicted octanol–water partition coefficient (Wildman–Crippen LogP) is 14.3. The number of anilines is 3. The Morgan fingerprint density at radius 3 is 1.77 bits per heavy atom. The number of benzene rings is 8. The number of hydrogen-bond acceptors (Lipinski definition) is 1. The van der Waals surface area contributed by atoms with Crippen LogP contribution >= 0.6 is 0 Å². The lowest BCUT2D eigenvalue weighted by Gasteiger charge is -2.31. The minimum Gasteiger partial charge on any atom is -0.310 e. The highest BCUT2D eigenvalue weighted by atomic mass is 15.1. The van der Waals surface area contributed by atoms with E-state index in [2.05, 4.69) is 209 Å². The molecule has 0 heterocycles. The standard InChI is InChI=1S/C52H41N/c1-51(2)45-26-13-11-23-43(45)50-40(24-15-27-46(50)51)36-19-14-20-37(32-36)53(38-29-30-42-41-22-10-12-25-44(41)52(3,4)47(42)33-38)48-31-28-34-16-8-9-21-39(34)49(48)35-17-6-5-7-18-35/h5-33H,1-4H3. The van der Waals surface area contributed by atoms with Crippen molar-refractivity contribution in [1.82, 2.24) is 0 Å². The summed E-state index contributed by atoms with van der Waals surface area (Å²) in [4.78, 5) is 2.50. The van der Waals surface area contributed by atoms with Gasteiger partial charge in [0.1, 0.15) is 0 Å². The van der Waals surface area contributed by atoms with Crippen molar-refractivity contribution in [3.05, 3.63) is 198 Å². The SMILES string of the molecule is CC1(C)c2ccccc2-c2ccc(N(c3cccc(-c4cccc5c4-c4ccccc4C5(C)C)c3)c3ccc4ccccc4c3-c3ccccc3)cc21. The van der Waals surface area contributed by atoms with E-state index in [-0.39, 0.29) is 10.8 Å². The maximum atomic E-state index is 2.50. The van der Waals surface area contributed by atoms with E-state index in [1.54, 1.807) is 0 Å². The van der Waals surface area contributed by atoms with Crippen LogP contribution in [0.5, 0.6) is 0 Å². The summed E-state index contributed by atoms with van der Waals surface area (Å²) in [5.41, 5.74) is 19.1. The van der Waals surface area contributed by atoms with Gasteiger partial charge in [0.25, 0.3) is 0 Å². The van der Waals surface area contributed by atoms with E-state index < -0.39 is 0 Å². The van der Waals surface area contributed by atoms with Gasteiger partial charge in [-0.05, 0) is 102 Å². The van der Waals surface area contributed by atoms with Gasteiger partial charge >= 0.3 is 0 Å². The Bertz CT molecular complexity index is 2730. The lowest BCUT2D eigenvalue weighted by Crippen LogP contribution is -2.17. The maximum absolute atomic E-state index is 2.50. The van der Waals surface area contributed by atoms with Gasteiger partial charge in [-0.2, -0.15) is 0 Å². The minimum absolute atomic E-state index is 0.0595. The van der Waals surface area contributed by atoms with Crippen molar-refractivity contribution < 1.29 is 0 Å². The zero-order valence-electron chi connectivity index (χ0n) is 30.7. The van der Waals surface area contributed by atoms with Gasteiger partial charge in [-0.3, -0.25) is 0 Å². The van der Waals surface area contributed by atoms with Crippen LogP contribution in [0.15, 0.2) is 176 Å². The van der Waals surface area contributed by atoms with Crippen molar-refractivity contribution >= 4 is 27.8 Å². The van der Waals surface area contributed by atoms with Crippen molar-refractivity contribution in [1.29, 1.82) is 0 Å². The summed E-state index contributed by atoms with van der Waals surface area (Å²) in [6, 6.07) is 65.3. The molecule has 0 unspecified atom stereocenters. The van der Waals surface area contributed by atoms with Crippen molar-refractivity contribution in [3.8, 4) is 44.5 Å². The fourth-order valence-corrected chi connectivity index (χ4v) is 9.42. The molecule has 0 amide bonds. The van der Waals surface area contributed by atoms with Gasteiger partial charge < -0.3 is 4.90 Å². The molecule has 0 bridgehead atoms. The van der Waals surface area contributed by atoms with Crippen molar-refractivity contribution in [2.45, 2.75) is 38.5 Å². The van der Waals surface area contributed by atoms with E-state index in [9.17, 15) is 0 Å². The first kappa shape index (κ1) is 31.5. The highest BCUT2D eigenvalue weighted by Gasteiger charge is 2.38. The van der Waals surface area contributed by atoms with Crippen LogP contribution < -0.4 is 4.90 Å².